The molecule has 0 fully saturated rings. The van der Waals surface area contributed by atoms with Crippen LogP contribution in [0.15, 0.2) is 285 Å². The van der Waals surface area contributed by atoms with Gasteiger partial charge in [0.15, 0.2) is 7.14 Å². The van der Waals surface area contributed by atoms with Crippen LogP contribution in [0, 0.1) is 0 Å². The van der Waals surface area contributed by atoms with Crippen molar-refractivity contribution in [2.75, 3.05) is 0 Å². The van der Waals surface area contributed by atoms with Gasteiger partial charge in [-0.3, -0.25) is 0 Å². The first-order valence-electron chi connectivity index (χ1n) is 43.5. The van der Waals surface area contributed by atoms with E-state index in [1.54, 1.807) is 0 Å². The molecule has 0 N–H and O–H groups in total. The van der Waals surface area contributed by atoms with Crippen LogP contribution in [0.2, 0.25) is 0 Å². The summed E-state index contributed by atoms with van der Waals surface area (Å²) in [7, 11) is -2.78. The van der Waals surface area contributed by atoms with Crippen molar-refractivity contribution in [1.82, 2.24) is 34.9 Å². The molecular formula is C114H119FeN7OP+. The van der Waals surface area contributed by atoms with Gasteiger partial charge in [0, 0.05) is 38.3 Å². The number of fused-ring (bicyclic) bond motifs is 9. The molecule has 16 rings (SSSR count). The summed E-state index contributed by atoms with van der Waals surface area (Å²) in [4.78, 5) is 41.9. The van der Waals surface area contributed by atoms with E-state index in [4.69, 9.17) is 34.9 Å². The first-order chi connectivity index (χ1) is 57.9. The molecule has 0 unspecified atom stereocenters. The number of hydrogen-bond donors (Lipinski definition) is 0. The molecule has 1 aliphatic heterocycles. The first kappa shape index (κ1) is 89.0. The van der Waals surface area contributed by atoms with Gasteiger partial charge in [-0.05, 0) is 188 Å². The van der Waals surface area contributed by atoms with Gasteiger partial charge < -0.3 is 34.5 Å². The van der Waals surface area contributed by atoms with Crippen LogP contribution in [0.25, 0.3) is 112 Å². The van der Waals surface area contributed by atoms with Gasteiger partial charge in [-0.15, -0.1) is 0 Å². The fourth-order valence-electron chi connectivity index (χ4n) is 16.6. The summed E-state index contributed by atoms with van der Waals surface area (Å²) in [5, 5.41) is 2.62. The molecule has 11 aromatic carbocycles. The summed E-state index contributed by atoms with van der Waals surface area (Å²) in [5.41, 5.74) is 26.8. The summed E-state index contributed by atoms with van der Waals surface area (Å²) < 4.78 is 13.8. The van der Waals surface area contributed by atoms with Crippen molar-refractivity contribution >= 4 is 67.8 Å². The average molecular weight is 1690 g/mol. The van der Waals surface area contributed by atoms with Crippen molar-refractivity contribution in [2.24, 2.45) is 0 Å². The Hall–Kier alpha value is -11.3. The largest absolute Gasteiger partial charge is 4.00 e. The van der Waals surface area contributed by atoms with Crippen LogP contribution in [-0.4, -0.2) is 19.9 Å². The second-order valence-electron chi connectivity index (χ2n) is 41.7. The van der Waals surface area contributed by atoms with Gasteiger partial charge in [0.25, 0.3) is 0 Å². The molecule has 0 spiro atoms. The van der Waals surface area contributed by atoms with E-state index in [1.165, 1.54) is 44.5 Å². The molecule has 0 saturated carbocycles. The summed E-state index contributed by atoms with van der Waals surface area (Å²) in [6.07, 6.45) is 0. The van der Waals surface area contributed by atoms with E-state index in [0.29, 0.717) is 45.3 Å². The second kappa shape index (κ2) is 33.6. The Kier molecular flexibility index (Phi) is 24.1. The maximum Gasteiger partial charge on any atom is 4.00 e. The molecule has 8 nitrogen and oxygen atoms in total. The molecule has 0 atom stereocenters. The fraction of sp³-hybridized carbons (Fsp3) is 0.281. The van der Waals surface area contributed by atoms with E-state index in [1.807, 2.05) is 91.0 Å². The van der Waals surface area contributed by atoms with Gasteiger partial charge in [-0.25, -0.2) is 4.98 Å². The molecule has 8 bridgehead atoms. The van der Waals surface area contributed by atoms with Gasteiger partial charge in [0.2, 0.25) is 0 Å². The van der Waals surface area contributed by atoms with Crippen molar-refractivity contribution in [2.45, 2.75) is 209 Å². The van der Waals surface area contributed by atoms with Crippen molar-refractivity contribution in [3.05, 3.63) is 352 Å². The minimum Gasteiger partial charge on any atom is -0.435 e. The quantitative estimate of drug-likeness (QED) is 0.0930. The molecule has 0 amide bonds. The van der Waals surface area contributed by atoms with E-state index < -0.39 is 7.14 Å². The van der Waals surface area contributed by atoms with Crippen molar-refractivity contribution < 1.29 is 21.6 Å². The van der Waals surface area contributed by atoms with Gasteiger partial charge in [0.05, 0.1) is 11.6 Å². The van der Waals surface area contributed by atoms with E-state index in [0.717, 1.165) is 105 Å². The number of aromatic nitrogens is 7. The maximum absolute atomic E-state index is 13.8. The molecule has 0 aliphatic carbocycles. The van der Waals surface area contributed by atoms with Crippen LogP contribution in [-0.2, 0) is 65.0 Å². The second-order valence-corrected chi connectivity index (χ2v) is 44.4. The van der Waals surface area contributed by atoms with E-state index in [-0.39, 0.29) is 60.4 Å². The molecular weight excluding hydrogens is 1570 g/mol. The topological polar surface area (TPSA) is 111 Å². The number of benzene rings is 11. The molecule has 0 radical (unpaired) electrons. The molecule has 0 saturated heterocycles. The third-order valence-corrected chi connectivity index (χ3v) is 27.3. The smallest absolute Gasteiger partial charge is 0.435 e. The van der Waals surface area contributed by atoms with Crippen LogP contribution in [0.3, 0.4) is 0 Å². The predicted octanol–water partition coefficient (Wildman–Crippen LogP) is 28.3. The van der Waals surface area contributed by atoms with E-state index >= 15 is 0 Å². The van der Waals surface area contributed by atoms with Crippen LogP contribution in [0.1, 0.15) is 233 Å². The van der Waals surface area contributed by atoms with Crippen LogP contribution in [0.4, 0.5) is 0 Å². The monoisotopic (exact) mass is 1690 g/mol. The standard InChI is InChI=1S/C96H104N7.C18H15OP.Fe/c1-89(2,3)65-41-25-57(26-42-65)73-75(59-29-45-67(46-30-59)91(7,8)9)83-97-81(73)82-74(58-27-43-66(44-28-58)90(4,5)6)76(60-31-47-68(48-32-60)92(10,11)12)84(98-82)100-86-78(62-35-51-70(52-36-62)94(16,17)18)80(64-39-55-72(56-40-64)96(22,23)24)88(102-86)103-87-79(63-37-53-71(54-38-63)95(19,20)21)77(85(99-83)101-87)61-33-49-69(50-34-61)93(13,14)15;19-20(16-10-4-1-5-11-16,17-12-6-2-7-13-17)18-14-8-3-9-15-18;/h25-56H,1-24H3;1-15H;/q-3;;+4. The van der Waals surface area contributed by atoms with Crippen molar-refractivity contribution in [3.63, 3.8) is 0 Å². The molecule has 628 valence electrons. The Morgan fingerprint density at radius 2 is 0.379 bits per heavy atom. The average Bonchev–Trinajstić information content (AvgIpc) is 1.57. The van der Waals surface area contributed by atoms with E-state index in [9.17, 15) is 4.57 Å². The van der Waals surface area contributed by atoms with Gasteiger partial charge >= 0.3 is 17.1 Å². The zero-order chi connectivity index (χ0) is 87.9. The Bertz CT molecular complexity index is 6480. The van der Waals surface area contributed by atoms with Crippen molar-refractivity contribution in [3.8, 4) is 66.8 Å². The summed E-state index contributed by atoms with van der Waals surface area (Å²) in [6, 6.07) is 101. The molecule has 10 heteroatoms. The zero-order valence-corrected chi connectivity index (χ0v) is 79.0. The summed E-state index contributed by atoms with van der Waals surface area (Å²) >= 11 is 0. The van der Waals surface area contributed by atoms with Crippen molar-refractivity contribution in [1.29, 1.82) is 0 Å². The Morgan fingerprint density at radius 3 is 0.597 bits per heavy atom. The maximum atomic E-state index is 13.8. The van der Waals surface area contributed by atoms with Crippen LogP contribution >= 0.6 is 7.14 Å². The molecule has 5 heterocycles. The van der Waals surface area contributed by atoms with Gasteiger partial charge in [-0.1, -0.05) is 451 Å². The van der Waals surface area contributed by atoms with Gasteiger partial charge in [0.1, 0.15) is 0 Å². The third kappa shape index (κ3) is 18.2. The summed E-state index contributed by atoms with van der Waals surface area (Å²) in [5.74, 6) is 0.963. The Morgan fingerprint density at radius 1 is 0.202 bits per heavy atom. The van der Waals surface area contributed by atoms with Crippen LogP contribution in [0.5, 0.6) is 0 Å². The van der Waals surface area contributed by atoms with Gasteiger partial charge in [-0.2, -0.15) is 0 Å². The first-order valence-corrected chi connectivity index (χ1v) is 45.2. The Labute approximate surface area is 747 Å². The molecule has 124 heavy (non-hydrogen) atoms. The number of nitrogens with zero attached hydrogens (tertiary/aromatic N) is 7. The fourth-order valence-corrected chi connectivity index (χ4v) is 19.2. The van der Waals surface area contributed by atoms with E-state index in [2.05, 4.69) is 360 Å². The van der Waals surface area contributed by atoms with Crippen LogP contribution < -0.4 is 30.9 Å². The minimum atomic E-state index is -2.78. The molecule has 4 aromatic heterocycles. The number of rotatable bonds is 11. The minimum absolute atomic E-state index is 0. The summed E-state index contributed by atoms with van der Waals surface area (Å²) in [6.45, 7) is 54.4. The zero-order valence-electron chi connectivity index (χ0n) is 77.0. The predicted molar refractivity (Wildman–Crippen MR) is 522 cm³/mol. The number of hydrogen-bond acceptors (Lipinski definition) is 5. The third-order valence-electron chi connectivity index (χ3n) is 24.2. The SMILES string of the molecule is CC(C)(C)c1ccc(C2=C(c3ccc(C(C)(C)C)cc3)c3nc2nc2[n-]c(nc4[n-]c(c(-c5ccc(C(C)(C)C)cc5)c4-c4ccc(C(C)(C)C)cc4)c4[n-]c(n3)c(-c3ccc(C(C)(C)C)cc3)c4-c3ccc(C(C)(C)C)cc3)c(-c3ccc(C(C)(C)C)cc3)c2-c2ccc(C(C)(C)C)cc2)cc1.O=P(c1ccccc1)(c1ccccc1)c1ccccc1.[Fe+4]. The normalized spacial score (nSPS) is 12.9. The Balaban J connectivity index is 0.000000519. The molecule has 1 aliphatic rings. The molecule has 15 aromatic rings.